The number of amides is 1. The topological polar surface area (TPSA) is 43.8 Å². The quantitative estimate of drug-likeness (QED) is 0.828. The van der Waals surface area contributed by atoms with E-state index < -0.39 is 0 Å². The summed E-state index contributed by atoms with van der Waals surface area (Å²) in [7, 11) is 0. The molecular formula is C23H28N2O2. The van der Waals surface area contributed by atoms with Crippen LogP contribution in [0, 0.1) is 0 Å². The maximum Gasteiger partial charge on any atom is 0.246 e. The zero-order valence-electron chi connectivity index (χ0n) is 15.9. The molecule has 0 aliphatic carbocycles. The number of benzene rings is 2. The number of carbonyl (C=O) groups excluding carboxylic acids is 1. The monoisotopic (exact) mass is 364 g/mol. The molecular weight excluding hydrogens is 336 g/mol. The fourth-order valence-corrected chi connectivity index (χ4v) is 3.62. The minimum Gasteiger partial charge on any atom is -0.392 e. The predicted octanol–water partition coefficient (Wildman–Crippen LogP) is 3.32. The smallest absolute Gasteiger partial charge is 0.246 e. The predicted molar refractivity (Wildman–Crippen MR) is 109 cm³/mol. The van der Waals surface area contributed by atoms with E-state index in [1.165, 1.54) is 5.56 Å². The van der Waals surface area contributed by atoms with Crippen LogP contribution in [-0.4, -0.2) is 46.5 Å². The van der Waals surface area contributed by atoms with Crippen LogP contribution in [0.4, 0.5) is 0 Å². The first kappa shape index (κ1) is 19.3. The number of aliphatic hydroxyl groups excluding tert-OH is 1. The summed E-state index contributed by atoms with van der Waals surface area (Å²) in [6.07, 6.45) is 4.47. The van der Waals surface area contributed by atoms with Gasteiger partial charge in [-0.3, -0.25) is 9.69 Å². The van der Waals surface area contributed by atoms with E-state index in [0.29, 0.717) is 0 Å². The summed E-state index contributed by atoms with van der Waals surface area (Å²) in [6, 6.07) is 18.3. The van der Waals surface area contributed by atoms with Crippen LogP contribution in [0.5, 0.6) is 0 Å². The first-order valence-electron chi connectivity index (χ1n) is 9.60. The van der Waals surface area contributed by atoms with Gasteiger partial charge in [0.1, 0.15) is 0 Å². The minimum atomic E-state index is 0.00995. The first-order valence-corrected chi connectivity index (χ1v) is 9.60. The van der Waals surface area contributed by atoms with E-state index >= 15 is 0 Å². The normalized spacial score (nSPS) is 18.6. The molecule has 1 amide bonds. The fourth-order valence-electron chi connectivity index (χ4n) is 3.62. The SMILES string of the molecule is CC1CN(Cc2ccccc2)CCCN1C(=O)/C=C/c1cccc(CO)c1. The lowest BCUT2D eigenvalue weighted by Gasteiger charge is -2.28. The summed E-state index contributed by atoms with van der Waals surface area (Å²) in [5, 5.41) is 9.24. The Labute approximate surface area is 161 Å². The van der Waals surface area contributed by atoms with E-state index in [2.05, 4.69) is 36.1 Å². The third-order valence-electron chi connectivity index (χ3n) is 5.01. The van der Waals surface area contributed by atoms with Crippen LogP contribution >= 0.6 is 0 Å². The lowest BCUT2D eigenvalue weighted by atomic mass is 10.1. The van der Waals surface area contributed by atoms with Crippen LogP contribution < -0.4 is 0 Å². The highest BCUT2D eigenvalue weighted by atomic mass is 16.3. The highest BCUT2D eigenvalue weighted by Gasteiger charge is 2.24. The Kier molecular flexibility index (Phi) is 6.80. The van der Waals surface area contributed by atoms with Gasteiger partial charge in [-0.05, 0) is 42.2 Å². The third kappa shape index (κ3) is 5.52. The van der Waals surface area contributed by atoms with E-state index in [-0.39, 0.29) is 18.6 Å². The first-order chi connectivity index (χ1) is 13.2. The molecule has 4 nitrogen and oxygen atoms in total. The number of hydrogen-bond donors (Lipinski definition) is 1. The molecule has 1 N–H and O–H groups in total. The van der Waals surface area contributed by atoms with Crippen molar-refractivity contribution < 1.29 is 9.90 Å². The van der Waals surface area contributed by atoms with E-state index in [4.69, 9.17) is 0 Å². The van der Waals surface area contributed by atoms with Gasteiger partial charge in [0.15, 0.2) is 0 Å². The average Bonchev–Trinajstić information content (AvgIpc) is 2.88. The lowest BCUT2D eigenvalue weighted by molar-refractivity contribution is -0.127. The summed E-state index contributed by atoms with van der Waals surface area (Å²) in [4.78, 5) is 17.1. The molecule has 0 aromatic heterocycles. The van der Waals surface area contributed by atoms with E-state index in [1.54, 1.807) is 6.08 Å². The molecule has 0 spiro atoms. The molecule has 3 rings (SSSR count). The van der Waals surface area contributed by atoms with Crippen LogP contribution in [0.25, 0.3) is 6.08 Å². The molecule has 1 unspecified atom stereocenters. The molecule has 142 valence electrons. The average molecular weight is 364 g/mol. The molecule has 1 aliphatic heterocycles. The Balaban J connectivity index is 1.61. The van der Waals surface area contributed by atoms with Crippen molar-refractivity contribution in [1.82, 2.24) is 9.80 Å². The third-order valence-corrected chi connectivity index (χ3v) is 5.01. The minimum absolute atomic E-state index is 0.00995. The Morgan fingerprint density at radius 1 is 1.11 bits per heavy atom. The van der Waals surface area contributed by atoms with Gasteiger partial charge >= 0.3 is 0 Å². The molecule has 1 aliphatic rings. The standard InChI is InChI=1S/C23H28N2O2/c1-19-16-24(17-21-7-3-2-4-8-21)13-6-14-25(19)23(27)12-11-20-9-5-10-22(15-20)18-26/h2-5,7-12,15,19,26H,6,13-14,16-18H2,1H3/b12-11+. The van der Waals surface area contributed by atoms with Crippen molar-refractivity contribution in [1.29, 1.82) is 0 Å². The number of aliphatic hydroxyl groups is 1. The van der Waals surface area contributed by atoms with Crippen molar-refractivity contribution in [3.05, 3.63) is 77.4 Å². The maximum absolute atomic E-state index is 12.7. The van der Waals surface area contributed by atoms with Crippen LogP contribution in [0.3, 0.4) is 0 Å². The highest BCUT2D eigenvalue weighted by Crippen LogP contribution is 2.15. The van der Waals surface area contributed by atoms with Gasteiger partial charge in [0.05, 0.1) is 6.61 Å². The zero-order valence-corrected chi connectivity index (χ0v) is 15.9. The molecule has 0 bridgehead atoms. The maximum atomic E-state index is 12.7. The van der Waals surface area contributed by atoms with Crippen LogP contribution in [-0.2, 0) is 17.9 Å². The number of nitrogens with zero attached hydrogens (tertiary/aromatic N) is 2. The highest BCUT2D eigenvalue weighted by molar-refractivity contribution is 5.92. The lowest BCUT2D eigenvalue weighted by Crippen LogP contribution is -2.41. The summed E-state index contributed by atoms with van der Waals surface area (Å²) in [5.74, 6) is 0.0541. The van der Waals surface area contributed by atoms with Gasteiger partial charge in [-0.1, -0.05) is 48.5 Å². The van der Waals surface area contributed by atoms with Crippen LogP contribution in [0.1, 0.15) is 30.0 Å². The molecule has 1 heterocycles. The van der Waals surface area contributed by atoms with Crippen molar-refractivity contribution in [3.8, 4) is 0 Å². The van der Waals surface area contributed by atoms with E-state index in [9.17, 15) is 9.90 Å². The van der Waals surface area contributed by atoms with Crippen molar-refractivity contribution in [2.75, 3.05) is 19.6 Å². The Morgan fingerprint density at radius 3 is 2.67 bits per heavy atom. The van der Waals surface area contributed by atoms with Crippen molar-refractivity contribution in [2.45, 2.75) is 32.5 Å². The van der Waals surface area contributed by atoms with Gasteiger partial charge in [-0.2, -0.15) is 0 Å². The van der Waals surface area contributed by atoms with Crippen molar-refractivity contribution in [2.24, 2.45) is 0 Å². The summed E-state index contributed by atoms with van der Waals surface area (Å²) in [5.41, 5.74) is 3.10. The number of rotatable bonds is 5. The Hall–Kier alpha value is -2.43. The number of hydrogen-bond acceptors (Lipinski definition) is 3. The van der Waals surface area contributed by atoms with E-state index in [0.717, 1.165) is 43.7 Å². The van der Waals surface area contributed by atoms with Gasteiger partial charge in [-0.25, -0.2) is 0 Å². The summed E-state index contributed by atoms with van der Waals surface area (Å²) >= 11 is 0. The Morgan fingerprint density at radius 2 is 1.89 bits per heavy atom. The molecule has 1 fully saturated rings. The molecule has 4 heteroatoms. The number of carbonyl (C=O) groups is 1. The van der Waals surface area contributed by atoms with Crippen LogP contribution in [0.2, 0.25) is 0 Å². The molecule has 1 atom stereocenters. The summed E-state index contributed by atoms with van der Waals surface area (Å²) in [6.45, 7) is 5.74. The van der Waals surface area contributed by atoms with E-state index in [1.807, 2.05) is 41.3 Å². The second-order valence-electron chi connectivity index (χ2n) is 7.19. The molecule has 2 aromatic rings. The molecule has 27 heavy (non-hydrogen) atoms. The molecule has 2 aromatic carbocycles. The molecule has 0 saturated carbocycles. The van der Waals surface area contributed by atoms with Gasteiger partial charge < -0.3 is 10.0 Å². The van der Waals surface area contributed by atoms with Crippen LogP contribution in [0.15, 0.2) is 60.7 Å². The van der Waals surface area contributed by atoms with Gasteiger partial charge in [0, 0.05) is 38.3 Å². The Bertz CT molecular complexity index is 773. The second-order valence-corrected chi connectivity index (χ2v) is 7.19. The van der Waals surface area contributed by atoms with Crippen molar-refractivity contribution >= 4 is 12.0 Å². The van der Waals surface area contributed by atoms with Crippen molar-refractivity contribution in [3.63, 3.8) is 0 Å². The zero-order chi connectivity index (χ0) is 19.1. The van der Waals surface area contributed by atoms with Gasteiger partial charge in [-0.15, -0.1) is 0 Å². The van der Waals surface area contributed by atoms with Gasteiger partial charge in [0.2, 0.25) is 5.91 Å². The second kappa shape index (κ2) is 9.49. The molecule has 0 radical (unpaired) electrons. The van der Waals surface area contributed by atoms with Gasteiger partial charge in [0.25, 0.3) is 0 Å². The largest absolute Gasteiger partial charge is 0.392 e. The summed E-state index contributed by atoms with van der Waals surface area (Å²) < 4.78 is 0. The molecule has 1 saturated heterocycles. The fraction of sp³-hybridized carbons (Fsp3) is 0.348.